The predicted molar refractivity (Wildman–Crippen MR) is 150 cm³/mol. The molecule has 0 aromatic heterocycles. The van der Waals surface area contributed by atoms with Crippen LogP contribution in [0, 0.1) is 5.92 Å². The quantitative estimate of drug-likeness (QED) is 0.219. The van der Waals surface area contributed by atoms with E-state index in [-0.39, 0.29) is 37.6 Å². The number of halogens is 2. The van der Waals surface area contributed by atoms with Crippen molar-refractivity contribution in [3.8, 4) is 17.2 Å². The van der Waals surface area contributed by atoms with E-state index < -0.39 is 42.3 Å². The number of nitrogens with one attached hydrogen (secondary N) is 4. The molecule has 0 saturated carbocycles. The average Bonchev–Trinajstić information content (AvgIpc) is 2.96. The molecule has 230 valence electrons. The number of carbonyl (C=O) groups excluding carboxylic acids is 4. The minimum Gasteiger partial charge on any atom is -0.497 e. The summed E-state index contributed by atoms with van der Waals surface area (Å²) in [6, 6.07) is 8.14. The number of benzene rings is 2. The summed E-state index contributed by atoms with van der Waals surface area (Å²) >= 11 is 0. The Morgan fingerprint density at radius 1 is 0.857 bits per heavy atom. The van der Waals surface area contributed by atoms with E-state index in [1.807, 2.05) is 13.8 Å². The third kappa shape index (κ3) is 10.9. The lowest BCUT2D eigenvalue weighted by molar-refractivity contribution is -0.140. The highest BCUT2D eigenvalue weighted by molar-refractivity contribution is 6.38. The summed E-state index contributed by atoms with van der Waals surface area (Å²) in [7, 11) is 2.98. The third-order valence-corrected chi connectivity index (χ3v) is 6.09. The number of methoxy groups -OCH3 is 2. The molecule has 11 nitrogen and oxygen atoms in total. The van der Waals surface area contributed by atoms with Crippen LogP contribution in [0.4, 0.5) is 13.6 Å². The molecule has 4 N–H and O–H groups in total. The van der Waals surface area contributed by atoms with Crippen molar-refractivity contribution in [1.82, 2.24) is 21.3 Å². The summed E-state index contributed by atoms with van der Waals surface area (Å²) in [5.74, 6) is -1.45. The van der Waals surface area contributed by atoms with E-state index in [1.54, 1.807) is 31.2 Å². The number of amides is 4. The maximum absolute atomic E-state index is 13.1. The fourth-order valence-corrected chi connectivity index (χ4v) is 3.97. The van der Waals surface area contributed by atoms with Gasteiger partial charge in [0.25, 0.3) is 5.91 Å². The number of para-hydroxylation sites is 1. The first kappa shape index (κ1) is 33.8. The number of hydrogen-bond acceptors (Lipinski definition) is 7. The Hall–Kier alpha value is -4.42. The molecule has 42 heavy (non-hydrogen) atoms. The largest absolute Gasteiger partial charge is 0.497 e. The van der Waals surface area contributed by atoms with Gasteiger partial charge in [0.1, 0.15) is 23.3 Å². The Bertz CT molecular complexity index is 1200. The Kier molecular flexibility index (Phi) is 13.5. The summed E-state index contributed by atoms with van der Waals surface area (Å²) in [5, 5.41) is 10.2. The molecule has 0 fully saturated rings. The van der Waals surface area contributed by atoms with E-state index in [0.29, 0.717) is 22.6 Å². The maximum atomic E-state index is 13.1. The van der Waals surface area contributed by atoms with Crippen LogP contribution in [0.5, 0.6) is 17.2 Å². The monoisotopic (exact) mass is 592 g/mol. The highest BCUT2D eigenvalue weighted by Crippen LogP contribution is 2.22. The second-order valence-corrected chi connectivity index (χ2v) is 9.73. The first-order valence-electron chi connectivity index (χ1n) is 13.4. The molecule has 2 rings (SSSR count). The summed E-state index contributed by atoms with van der Waals surface area (Å²) in [6.07, 6.45) is 0.366. The standard InChI is InChI=1S/C29H38F2N4O7/c1-6-22(25(36)27(38)32-15-18-12-20(40-4)14-21(13-18)41-5)34-26(37)23(11-17(2)3)35-29(39)33-16-19-9-7-8-10-24(19)42-28(30)31/h7-10,12-14,17,22-23,28H,6,11,15-16H2,1-5H3,(H,32,38)(H,34,37)(H2,33,35,39)/t22?,23-/m0/s1. The van der Waals surface area contributed by atoms with Crippen molar-refractivity contribution < 1.29 is 42.2 Å². The molecule has 2 atom stereocenters. The van der Waals surface area contributed by atoms with E-state index in [9.17, 15) is 28.0 Å². The molecule has 0 radical (unpaired) electrons. The number of carbonyl (C=O) groups is 4. The first-order chi connectivity index (χ1) is 20.0. The SMILES string of the molecule is CCC(NC(=O)[C@H](CC(C)C)NC(=O)NCc1ccccc1OC(F)F)C(=O)C(=O)NCc1cc(OC)cc(OC)c1. The van der Waals surface area contributed by atoms with Crippen LogP contribution in [0.25, 0.3) is 0 Å². The van der Waals surface area contributed by atoms with Crippen LogP contribution in [0.1, 0.15) is 44.7 Å². The molecular formula is C29H38F2N4O7. The Labute approximate surface area is 243 Å². The highest BCUT2D eigenvalue weighted by atomic mass is 19.3. The minimum absolute atomic E-state index is 0.0138. The predicted octanol–water partition coefficient (Wildman–Crippen LogP) is 3.30. The van der Waals surface area contributed by atoms with Crippen molar-refractivity contribution in [3.63, 3.8) is 0 Å². The molecule has 0 aliphatic heterocycles. The number of rotatable bonds is 16. The minimum atomic E-state index is -3.03. The second-order valence-electron chi connectivity index (χ2n) is 9.73. The zero-order valence-electron chi connectivity index (χ0n) is 24.3. The maximum Gasteiger partial charge on any atom is 0.387 e. The van der Waals surface area contributed by atoms with Gasteiger partial charge in [-0.3, -0.25) is 14.4 Å². The smallest absolute Gasteiger partial charge is 0.387 e. The third-order valence-electron chi connectivity index (χ3n) is 6.09. The van der Waals surface area contributed by atoms with Gasteiger partial charge in [0.15, 0.2) is 0 Å². The van der Waals surface area contributed by atoms with E-state index in [4.69, 9.17) is 9.47 Å². The van der Waals surface area contributed by atoms with Gasteiger partial charge in [0.2, 0.25) is 11.7 Å². The van der Waals surface area contributed by atoms with Gasteiger partial charge in [0.05, 0.1) is 20.3 Å². The average molecular weight is 593 g/mol. The highest BCUT2D eigenvalue weighted by Gasteiger charge is 2.29. The first-order valence-corrected chi connectivity index (χ1v) is 13.4. The van der Waals surface area contributed by atoms with E-state index in [0.717, 1.165) is 0 Å². The molecule has 0 heterocycles. The topological polar surface area (TPSA) is 144 Å². The molecule has 0 spiro atoms. The van der Waals surface area contributed by atoms with Gasteiger partial charge in [0, 0.05) is 24.7 Å². The van der Waals surface area contributed by atoms with Crippen molar-refractivity contribution >= 4 is 23.6 Å². The molecule has 13 heteroatoms. The van der Waals surface area contributed by atoms with Crippen LogP contribution < -0.4 is 35.5 Å². The fourth-order valence-electron chi connectivity index (χ4n) is 3.97. The van der Waals surface area contributed by atoms with E-state index in [1.165, 1.54) is 32.4 Å². The lowest BCUT2D eigenvalue weighted by Gasteiger charge is -2.23. The van der Waals surface area contributed by atoms with Crippen LogP contribution >= 0.6 is 0 Å². The Morgan fingerprint density at radius 2 is 1.50 bits per heavy atom. The second kappa shape index (κ2) is 16.7. The summed E-state index contributed by atoms with van der Waals surface area (Å²) in [6.45, 7) is 2.19. The van der Waals surface area contributed by atoms with Crippen molar-refractivity contribution in [2.45, 2.75) is 65.4 Å². The molecule has 1 unspecified atom stereocenters. The zero-order chi connectivity index (χ0) is 31.2. The number of urea groups is 1. The molecule has 2 aromatic carbocycles. The number of ether oxygens (including phenoxy) is 3. The Balaban J connectivity index is 2.00. The number of Topliss-reactive ketones (excluding diaryl/α,β-unsaturated/α-hetero) is 1. The van der Waals surface area contributed by atoms with E-state index in [2.05, 4.69) is 26.0 Å². The number of alkyl halides is 2. The van der Waals surface area contributed by atoms with Crippen molar-refractivity contribution in [1.29, 1.82) is 0 Å². The van der Waals surface area contributed by atoms with Gasteiger partial charge < -0.3 is 35.5 Å². The summed E-state index contributed by atoms with van der Waals surface area (Å²) in [4.78, 5) is 51.2. The number of ketones is 1. The molecule has 2 aromatic rings. The van der Waals surface area contributed by atoms with Crippen LogP contribution in [0.15, 0.2) is 42.5 Å². The van der Waals surface area contributed by atoms with Gasteiger partial charge in [-0.25, -0.2) is 4.79 Å². The van der Waals surface area contributed by atoms with Crippen molar-refractivity contribution in [3.05, 3.63) is 53.6 Å². The van der Waals surface area contributed by atoms with Gasteiger partial charge in [-0.05, 0) is 42.5 Å². The number of hydrogen-bond donors (Lipinski definition) is 4. The van der Waals surface area contributed by atoms with Gasteiger partial charge in [-0.15, -0.1) is 0 Å². The molecule has 0 aliphatic rings. The molecule has 0 bridgehead atoms. The Morgan fingerprint density at radius 3 is 2.07 bits per heavy atom. The lowest BCUT2D eigenvalue weighted by atomic mass is 10.0. The normalized spacial score (nSPS) is 12.2. The summed E-state index contributed by atoms with van der Waals surface area (Å²) < 4.78 is 40.2. The molecular weight excluding hydrogens is 554 g/mol. The van der Waals surface area contributed by atoms with Crippen LogP contribution in [-0.2, 0) is 27.5 Å². The van der Waals surface area contributed by atoms with Gasteiger partial charge in [-0.2, -0.15) is 8.78 Å². The van der Waals surface area contributed by atoms with Crippen molar-refractivity contribution in [2.75, 3.05) is 14.2 Å². The van der Waals surface area contributed by atoms with Gasteiger partial charge in [-0.1, -0.05) is 39.0 Å². The lowest BCUT2D eigenvalue weighted by Crippen LogP contribution is -2.55. The zero-order valence-corrected chi connectivity index (χ0v) is 24.3. The molecule has 0 aliphatic carbocycles. The van der Waals surface area contributed by atoms with Crippen LogP contribution in [0.3, 0.4) is 0 Å². The molecule has 4 amide bonds. The van der Waals surface area contributed by atoms with Crippen molar-refractivity contribution in [2.24, 2.45) is 5.92 Å². The van der Waals surface area contributed by atoms with Gasteiger partial charge >= 0.3 is 12.6 Å². The van der Waals surface area contributed by atoms with Crippen LogP contribution in [0.2, 0.25) is 0 Å². The van der Waals surface area contributed by atoms with E-state index >= 15 is 0 Å². The summed E-state index contributed by atoms with van der Waals surface area (Å²) in [5.41, 5.74) is 0.952. The fraction of sp³-hybridized carbons (Fsp3) is 0.448. The van der Waals surface area contributed by atoms with Crippen LogP contribution in [-0.4, -0.2) is 56.5 Å². The molecule has 0 saturated heterocycles.